The predicted octanol–water partition coefficient (Wildman–Crippen LogP) is 5.09. The zero-order valence-electron chi connectivity index (χ0n) is 18.3. The molecule has 1 atom stereocenters. The first kappa shape index (κ1) is 23.0. The number of hydrogen-bond donors (Lipinski definition) is 2. The summed E-state index contributed by atoms with van der Waals surface area (Å²) in [7, 11) is 0. The Balaban J connectivity index is 1.64. The average molecular weight is 511 g/mol. The van der Waals surface area contributed by atoms with Crippen molar-refractivity contribution in [2.45, 2.75) is 19.4 Å². The molecule has 11 heteroatoms. The van der Waals surface area contributed by atoms with Crippen molar-refractivity contribution < 1.29 is 13.6 Å². The van der Waals surface area contributed by atoms with E-state index in [0.29, 0.717) is 24.1 Å². The molecule has 0 unspecified atom stereocenters. The third-order valence-electron chi connectivity index (χ3n) is 6.31. The van der Waals surface area contributed by atoms with Gasteiger partial charge in [0.15, 0.2) is 5.82 Å². The molecular formula is C24H17ClF2N6OS. The lowest BCUT2D eigenvalue weighted by atomic mass is 9.90. The predicted molar refractivity (Wildman–Crippen MR) is 131 cm³/mol. The summed E-state index contributed by atoms with van der Waals surface area (Å²) < 4.78 is 30.2. The van der Waals surface area contributed by atoms with Gasteiger partial charge in [-0.25, -0.2) is 8.78 Å². The van der Waals surface area contributed by atoms with Gasteiger partial charge in [-0.1, -0.05) is 17.7 Å². The molecule has 0 bridgehead atoms. The van der Waals surface area contributed by atoms with Crippen LogP contribution in [0.1, 0.15) is 40.0 Å². The normalized spacial score (nSPS) is 14.1. The summed E-state index contributed by atoms with van der Waals surface area (Å²) in [6.45, 7) is 2.12. The van der Waals surface area contributed by atoms with Crippen molar-refractivity contribution in [3.63, 3.8) is 0 Å². The number of rotatable bonds is 3. The SMILES string of the molecule is C[C@@H](c1ccnnc1N)N1CCc2c(cc(F)c(-c3ccc(F)c4sc(N)c(C#N)c34)c2Cl)C1=O. The van der Waals surface area contributed by atoms with E-state index in [9.17, 15) is 14.4 Å². The molecule has 35 heavy (non-hydrogen) atoms. The molecule has 5 rings (SSSR count). The maximum Gasteiger partial charge on any atom is 0.254 e. The lowest BCUT2D eigenvalue weighted by Gasteiger charge is -2.34. The van der Waals surface area contributed by atoms with E-state index in [2.05, 4.69) is 10.2 Å². The summed E-state index contributed by atoms with van der Waals surface area (Å²) in [6.07, 6.45) is 1.85. The van der Waals surface area contributed by atoms with Crippen molar-refractivity contribution in [2.75, 3.05) is 18.0 Å². The summed E-state index contributed by atoms with van der Waals surface area (Å²) in [4.78, 5) is 15.0. The van der Waals surface area contributed by atoms with Crippen LogP contribution in [-0.2, 0) is 6.42 Å². The second-order valence-electron chi connectivity index (χ2n) is 8.12. The number of carbonyl (C=O) groups excluding carboxylic acids is 1. The first-order valence-corrected chi connectivity index (χ1v) is 11.7. The van der Waals surface area contributed by atoms with Gasteiger partial charge in [-0.3, -0.25) is 4.79 Å². The molecule has 1 aliphatic rings. The fourth-order valence-corrected chi connectivity index (χ4v) is 5.92. The molecule has 176 valence electrons. The molecule has 0 saturated carbocycles. The van der Waals surface area contributed by atoms with Crippen LogP contribution < -0.4 is 11.5 Å². The van der Waals surface area contributed by atoms with Crippen LogP contribution in [-0.4, -0.2) is 27.5 Å². The standard InChI is InChI=1S/C24H17ClF2N6OS/c1-10(11-4-6-31-32-22(11)29)33-7-5-12-14(24(33)34)8-17(27)19(20(12)25)13-2-3-16(26)21-18(13)15(9-28)23(30)35-21/h2-4,6,8,10H,5,7,30H2,1H3,(H2,29,32)/t10-/m0/s1. The first-order valence-electron chi connectivity index (χ1n) is 10.5. The summed E-state index contributed by atoms with van der Waals surface area (Å²) in [5.41, 5.74) is 13.4. The van der Waals surface area contributed by atoms with Crippen molar-refractivity contribution in [1.29, 1.82) is 5.26 Å². The van der Waals surface area contributed by atoms with Gasteiger partial charge in [0, 0.05) is 28.6 Å². The Kier molecular flexibility index (Phi) is 5.54. The highest BCUT2D eigenvalue weighted by Gasteiger charge is 2.33. The molecule has 4 N–H and O–H groups in total. The number of nitriles is 1. The zero-order valence-corrected chi connectivity index (χ0v) is 19.8. The maximum absolute atomic E-state index is 15.6. The molecule has 0 fully saturated rings. The second-order valence-corrected chi connectivity index (χ2v) is 9.55. The van der Waals surface area contributed by atoms with E-state index in [1.54, 1.807) is 11.0 Å². The van der Waals surface area contributed by atoms with Crippen LogP contribution in [0.25, 0.3) is 21.2 Å². The lowest BCUT2D eigenvalue weighted by molar-refractivity contribution is 0.0672. The van der Waals surface area contributed by atoms with Gasteiger partial charge in [0.05, 0.1) is 27.5 Å². The number of amides is 1. The maximum atomic E-state index is 15.6. The quantitative estimate of drug-likeness (QED) is 0.396. The Hall–Kier alpha value is -3.81. The number of thiophene rings is 1. The Morgan fingerprint density at radius 1 is 1.23 bits per heavy atom. The number of hydrogen-bond acceptors (Lipinski definition) is 7. The minimum Gasteiger partial charge on any atom is -0.389 e. The fourth-order valence-electron chi connectivity index (χ4n) is 4.58. The van der Waals surface area contributed by atoms with E-state index in [1.165, 1.54) is 18.3 Å². The summed E-state index contributed by atoms with van der Waals surface area (Å²) in [6, 6.07) is 6.94. The van der Waals surface area contributed by atoms with Crippen molar-refractivity contribution in [2.24, 2.45) is 0 Å². The van der Waals surface area contributed by atoms with E-state index in [1.807, 2.05) is 13.0 Å². The molecule has 0 radical (unpaired) electrons. The van der Waals surface area contributed by atoms with Crippen molar-refractivity contribution in [3.8, 4) is 17.2 Å². The molecule has 7 nitrogen and oxygen atoms in total. The Bertz CT molecular complexity index is 1580. The summed E-state index contributed by atoms with van der Waals surface area (Å²) >= 11 is 7.61. The molecule has 0 aliphatic carbocycles. The second kappa shape index (κ2) is 8.45. The third kappa shape index (κ3) is 3.47. The molecule has 1 amide bonds. The van der Waals surface area contributed by atoms with E-state index >= 15 is 4.39 Å². The number of nitrogen functional groups attached to an aromatic ring is 2. The van der Waals surface area contributed by atoms with Crippen LogP contribution in [0.3, 0.4) is 0 Å². The fraction of sp³-hybridized carbons (Fsp3) is 0.167. The number of nitrogens with zero attached hydrogens (tertiary/aromatic N) is 4. The van der Waals surface area contributed by atoms with Crippen molar-refractivity contribution in [3.05, 3.63) is 69.4 Å². The van der Waals surface area contributed by atoms with Gasteiger partial charge in [0.1, 0.15) is 22.7 Å². The van der Waals surface area contributed by atoms with Crippen molar-refractivity contribution >= 4 is 49.7 Å². The minimum atomic E-state index is -0.761. The number of carbonyl (C=O) groups is 1. The number of fused-ring (bicyclic) bond motifs is 2. The van der Waals surface area contributed by atoms with Gasteiger partial charge in [-0.2, -0.15) is 10.4 Å². The molecule has 0 spiro atoms. The number of anilines is 2. The van der Waals surface area contributed by atoms with Gasteiger partial charge in [-0.05, 0) is 42.7 Å². The van der Waals surface area contributed by atoms with Gasteiger partial charge < -0.3 is 16.4 Å². The van der Waals surface area contributed by atoms with Gasteiger partial charge >= 0.3 is 0 Å². The molecule has 2 aromatic carbocycles. The number of aromatic nitrogens is 2. The van der Waals surface area contributed by atoms with E-state index in [4.69, 9.17) is 23.1 Å². The lowest BCUT2D eigenvalue weighted by Crippen LogP contribution is -2.40. The van der Waals surface area contributed by atoms with Crippen LogP contribution in [0.4, 0.5) is 19.6 Å². The highest BCUT2D eigenvalue weighted by Crippen LogP contribution is 2.45. The molecule has 4 aromatic rings. The summed E-state index contributed by atoms with van der Waals surface area (Å²) in [5.74, 6) is -1.52. The molecular weight excluding hydrogens is 494 g/mol. The highest BCUT2D eigenvalue weighted by atomic mass is 35.5. The number of benzene rings is 2. The van der Waals surface area contributed by atoms with Gasteiger partial charge in [0.25, 0.3) is 5.91 Å². The van der Waals surface area contributed by atoms with Crippen LogP contribution in [0.5, 0.6) is 0 Å². The summed E-state index contributed by atoms with van der Waals surface area (Å²) in [5, 5.41) is 17.5. The molecule has 0 saturated heterocycles. The van der Waals surface area contributed by atoms with Crippen LogP contribution in [0.2, 0.25) is 5.02 Å². The Morgan fingerprint density at radius 2 is 2.00 bits per heavy atom. The minimum absolute atomic E-state index is 0.00148. The number of nitrogens with two attached hydrogens (primary N) is 2. The first-order chi connectivity index (χ1) is 16.7. The van der Waals surface area contributed by atoms with E-state index in [-0.39, 0.29) is 48.2 Å². The average Bonchev–Trinajstić information content (AvgIpc) is 3.18. The molecule has 1 aliphatic heterocycles. The van der Waals surface area contributed by atoms with E-state index in [0.717, 1.165) is 17.4 Å². The Labute approximate surface area is 207 Å². The zero-order chi connectivity index (χ0) is 25.0. The third-order valence-corrected chi connectivity index (χ3v) is 7.76. The van der Waals surface area contributed by atoms with Crippen LogP contribution in [0, 0.1) is 23.0 Å². The largest absolute Gasteiger partial charge is 0.389 e. The van der Waals surface area contributed by atoms with Gasteiger partial charge in [-0.15, -0.1) is 16.4 Å². The molecule has 2 aromatic heterocycles. The monoisotopic (exact) mass is 510 g/mol. The van der Waals surface area contributed by atoms with Gasteiger partial charge in [0.2, 0.25) is 0 Å². The Morgan fingerprint density at radius 3 is 2.71 bits per heavy atom. The molecule has 3 heterocycles. The number of halogens is 3. The topological polar surface area (TPSA) is 122 Å². The van der Waals surface area contributed by atoms with Crippen molar-refractivity contribution in [1.82, 2.24) is 15.1 Å². The van der Waals surface area contributed by atoms with E-state index < -0.39 is 23.6 Å². The smallest absolute Gasteiger partial charge is 0.254 e. The van der Waals surface area contributed by atoms with Crippen LogP contribution >= 0.6 is 22.9 Å². The highest BCUT2D eigenvalue weighted by molar-refractivity contribution is 7.23. The van der Waals surface area contributed by atoms with Crippen LogP contribution in [0.15, 0.2) is 30.5 Å².